The van der Waals surface area contributed by atoms with Crippen LogP contribution >= 0.6 is 12.6 Å². The smallest absolute Gasteiger partial charge is 0.194 e. The van der Waals surface area contributed by atoms with E-state index in [1.165, 1.54) is 0 Å². The Hall–Kier alpha value is -0.430. The molecular weight excluding hydrogens is 208 g/mol. The molecule has 0 saturated heterocycles. The monoisotopic (exact) mass is 222 g/mol. The van der Waals surface area contributed by atoms with E-state index in [1.807, 2.05) is 0 Å². The van der Waals surface area contributed by atoms with Gasteiger partial charge in [0.15, 0.2) is 17.2 Å². The van der Waals surface area contributed by atoms with Crippen LogP contribution in [0.4, 0.5) is 0 Å². The van der Waals surface area contributed by atoms with E-state index in [4.69, 9.17) is 10.2 Å². The fraction of sp³-hybridized carbons (Fsp3) is 0.750. The van der Waals surface area contributed by atoms with Crippen LogP contribution in [0, 0.1) is 0 Å². The molecule has 0 aromatic rings. The number of hydrogen-bond donors (Lipinski definition) is 4. The van der Waals surface area contributed by atoms with Crippen molar-refractivity contribution < 1.29 is 24.9 Å². The number of hydrogen-bond acceptors (Lipinski definition) is 6. The number of ketones is 2. The Morgan fingerprint density at radius 3 is 1.93 bits per heavy atom. The lowest BCUT2D eigenvalue weighted by atomic mass is 9.88. The van der Waals surface area contributed by atoms with Gasteiger partial charge in [0.05, 0.1) is 18.0 Å². The molecule has 0 spiro atoms. The second-order valence-electron chi connectivity index (χ2n) is 3.07. The first-order valence-electron chi connectivity index (χ1n) is 3.99. The molecule has 2 atom stereocenters. The molecule has 0 aromatic heterocycles. The Bertz CT molecular complexity index is 226. The Labute approximate surface area is 87.2 Å². The number of carbonyl (C=O) groups is 2. The zero-order valence-corrected chi connectivity index (χ0v) is 8.86. The van der Waals surface area contributed by atoms with Gasteiger partial charge in [0.1, 0.15) is 0 Å². The third kappa shape index (κ3) is 2.33. The fourth-order valence-corrected chi connectivity index (χ4v) is 1.50. The van der Waals surface area contributed by atoms with Crippen LogP contribution in [0.2, 0.25) is 0 Å². The van der Waals surface area contributed by atoms with Crippen molar-refractivity contribution in [2.45, 2.75) is 30.8 Å². The molecule has 5 nitrogen and oxygen atoms in total. The zero-order chi connectivity index (χ0) is 11.5. The average molecular weight is 222 g/mol. The van der Waals surface area contributed by atoms with Crippen LogP contribution in [0.3, 0.4) is 0 Å². The number of aliphatic hydroxyl groups excluding tert-OH is 2. The largest absolute Gasteiger partial charge is 0.394 e. The molecule has 14 heavy (non-hydrogen) atoms. The molecule has 6 heteroatoms. The van der Waals surface area contributed by atoms with E-state index >= 15 is 0 Å². The van der Waals surface area contributed by atoms with Gasteiger partial charge in [0.2, 0.25) is 0 Å². The maximum absolute atomic E-state index is 11.1. The zero-order valence-electron chi connectivity index (χ0n) is 7.97. The van der Waals surface area contributed by atoms with Crippen molar-refractivity contribution in [3.05, 3.63) is 0 Å². The van der Waals surface area contributed by atoms with Gasteiger partial charge in [-0.15, -0.1) is 0 Å². The molecule has 0 aliphatic rings. The first kappa shape index (κ1) is 13.6. The van der Waals surface area contributed by atoms with E-state index in [0.717, 1.165) is 13.8 Å². The van der Waals surface area contributed by atoms with Crippen LogP contribution in [0.15, 0.2) is 0 Å². The number of rotatable bonds is 5. The Morgan fingerprint density at radius 1 is 1.36 bits per heavy atom. The number of Topliss-reactive ketones (excluding diaryl/α,β-unsaturated/α-hetero) is 2. The van der Waals surface area contributed by atoms with Gasteiger partial charge in [-0.3, -0.25) is 9.59 Å². The topological polar surface area (TPSA) is 94.8 Å². The second kappa shape index (κ2) is 4.88. The minimum Gasteiger partial charge on any atom is -0.394 e. The van der Waals surface area contributed by atoms with Crippen LogP contribution in [-0.2, 0) is 9.59 Å². The third-order valence-electron chi connectivity index (χ3n) is 2.05. The van der Waals surface area contributed by atoms with Gasteiger partial charge in [-0.2, -0.15) is 12.6 Å². The van der Waals surface area contributed by atoms with Crippen molar-refractivity contribution in [2.24, 2.45) is 0 Å². The van der Waals surface area contributed by atoms with E-state index in [9.17, 15) is 14.7 Å². The van der Waals surface area contributed by atoms with Crippen molar-refractivity contribution >= 4 is 24.2 Å². The molecule has 0 heterocycles. The van der Waals surface area contributed by atoms with Gasteiger partial charge in [0, 0.05) is 0 Å². The molecule has 0 radical (unpaired) electrons. The number of thiol groups is 1. The maximum Gasteiger partial charge on any atom is 0.194 e. The van der Waals surface area contributed by atoms with E-state index < -0.39 is 35.1 Å². The summed E-state index contributed by atoms with van der Waals surface area (Å²) < 4.78 is 0. The molecule has 0 saturated carbocycles. The molecule has 0 bridgehead atoms. The van der Waals surface area contributed by atoms with Crippen molar-refractivity contribution in [3.63, 3.8) is 0 Å². The lowest BCUT2D eigenvalue weighted by Gasteiger charge is -2.30. The molecule has 0 aliphatic carbocycles. The summed E-state index contributed by atoms with van der Waals surface area (Å²) in [6, 6.07) is 0. The molecule has 0 rings (SSSR count). The van der Waals surface area contributed by atoms with Crippen LogP contribution in [0.25, 0.3) is 0 Å². The maximum atomic E-state index is 11.1. The standard InChI is InChI=1S/C8H14O5S/c1-4(10)8(13,5(2)11)7(14)6(12)3-9/h6-7,9,12-14H,3H2,1-2H3/t6-,7+/m1/s1. The highest BCUT2D eigenvalue weighted by molar-refractivity contribution is 7.81. The number of carbonyl (C=O) groups excluding carboxylic acids is 2. The summed E-state index contributed by atoms with van der Waals surface area (Å²) in [4.78, 5) is 22.1. The summed E-state index contributed by atoms with van der Waals surface area (Å²) >= 11 is 3.76. The van der Waals surface area contributed by atoms with Crippen molar-refractivity contribution in [3.8, 4) is 0 Å². The summed E-state index contributed by atoms with van der Waals surface area (Å²) in [5, 5.41) is 26.1. The second-order valence-corrected chi connectivity index (χ2v) is 3.63. The minimum absolute atomic E-state index is 0.683. The first-order chi connectivity index (χ1) is 6.28. The number of aliphatic hydroxyl groups is 3. The van der Waals surface area contributed by atoms with Gasteiger partial charge in [-0.1, -0.05) is 0 Å². The molecule has 3 N–H and O–H groups in total. The summed E-state index contributed by atoms with van der Waals surface area (Å²) in [6.07, 6.45) is -1.43. The van der Waals surface area contributed by atoms with Gasteiger partial charge >= 0.3 is 0 Å². The highest BCUT2D eigenvalue weighted by Gasteiger charge is 2.47. The Balaban J connectivity index is 5.02. The van der Waals surface area contributed by atoms with Crippen LogP contribution in [0.1, 0.15) is 13.8 Å². The molecule has 0 fully saturated rings. The quantitative estimate of drug-likeness (QED) is 0.337. The highest BCUT2D eigenvalue weighted by atomic mass is 32.1. The van der Waals surface area contributed by atoms with E-state index in [0.29, 0.717) is 0 Å². The normalized spacial score (nSPS) is 16.1. The van der Waals surface area contributed by atoms with Crippen LogP contribution in [0.5, 0.6) is 0 Å². The summed E-state index contributed by atoms with van der Waals surface area (Å²) in [7, 11) is 0. The van der Waals surface area contributed by atoms with Crippen LogP contribution in [-0.4, -0.2) is 50.4 Å². The Morgan fingerprint density at radius 2 is 1.71 bits per heavy atom. The predicted octanol–water partition coefficient (Wildman–Crippen LogP) is -1.45. The van der Waals surface area contributed by atoms with Gasteiger partial charge < -0.3 is 15.3 Å². The SMILES string of the molecule is CC(=O)C(O)(C(C)=O)[C@@H](S)[C@H](O)CO. The van der Waals surface area contributed by atoms with Crippen molar-refractivity contribution in [1.82, 2.24) is 0 Å². The molecule has 82 valence electrons. The van der Waals surface area contributed by atoms with Crippen molar-refractivity contribution in [1.29, 1.82) is 0 Å². The highest BCUT2D eigenvalue weighted by Crippen LogP contribution is 2.22. The van der Waals surface area contributed by atoms with Crippen molar-refractivity contribution in [2.75, 3.05) is 6.61 Å². The van der Waals surface area contributed by atoms with Gasteiger partial charge in [0.25, 0.3) is 0 Å². The molecule has 0 aromatic carbocycles. The van der Waals surface area contributed by atoms with E-state index in [1.54, 1.807) is 0 Å². The summed E-state index contributed by atoms with van der Waals surface area (Å²) in [5.74, 6) is -1.62. The van der Waals surface area contributed by atoms with Crippen LogP contribution < -0.4 is 0 Å². The fourth-order valence-electron chi connectivity index (χ4n) is 1.04. The van der Waals surface area contributed by atoms with E-state index in [2.05, 4.69) is 12.6 Å². The van der Waals surface area contributed by atoms with Gasteiger partial charge in [-0.05, 0) is 13.8 Å². The lowest BCUT2D eigenvalue weighted by Crippen LogP contribution is -2.56. The Kier molecular flexibility index (Phi) is 4.73. The third-order valence-corrected chi connectivity index (χ3v) is 2.77. The molecule has 0 unspecified atom stereocenters. The first-order valence-corrected chi connectivity index (χ1v) is 4.51. The molecular formula is C8H14O5S. The minimum atomic E-state index is -2.34. The van der Waals surface area contributed by atoms with E-state index in [-0.39, 0.29) is 0 Å². The summed E-state index contributed by atoms with van der Waals surface area (Å²) in [6.45, 7) is 1.36. The van der Waals surface area contributed by atoms with Gasteiger partial charge in [-0.25, -0.2) is 0 Å². The molecule has 0 aliphatic heterocycles. The average Bonchev–Trinajstić information content (AvgIpc) is 2.13. The molecule has 0 amide bonds. The summed E-state index contributed by atoms with van der Waals surface area (Å²) in [5.41, 5.74) is -2.34. The predicted molar refractivity (Wildman–Crippen MR) is 52.2 cm³/mol. The lowest BCUT2D eigenvalue weighted by molar-refractivity contribution is -0.150.